The van der Waals surface area contributed by atoms with Crippen molar-refractivity contribution in [2.45, 2.75) is 6.54 Å². The van der Waals surface area contributed by atoms with Crippen molar-refractivity contribution in [2.75, 3.05) is 7.11 Å². The quantitative estimate of drug-likeness (QED) is 0.485. The Bertz CT molecular complexity index is 884. The summed E-state index contributed by atoms with van der Waals surface area (Å²) in [5.74, 6) is 0.805. The SMILES string of the molecule is COc1c[c-]c(C2=NCc3ccccc3-c3ccccc32)cc1.[Ir]. The number of methoxy groups -OCH3 is 1. The van der Waals surface area contributed by atoms with Crippen LogP contribution in [0, 0.1) is 6.07 Å². The van der Waals surface area contributed by atoms with Crippen LogP contribution in [-0.4, -0.2) is 12.8 Å². The molecule has 0 bridgehead atoms. The zero-order chi connectivity index (χ0) is 15.6. The smallest absolute Gasteiger partial charge is 0.0647 e. The molecule has 0 N–H and O–H groups in total. The van der Waals surface area contributed by atoms with E-state index in [0.717, 1.165) is 22.6 Å². The van der Waals surface area contributed by atoms with Crippen molar-refractivity contribution in [2.24, 2.45) is 4.99 Å². The summed E-state index contributed by atoms with van der Waals surface area (Å²) in [7, 11) is 1.66. The molecule has 3 aromatic rings. The van der Waals surface area contributed by atoms with Crippen LogP contribution in [0.15, 0.2) is 71.7 Å². The summed E-state index contributed by atoms with van der Waals surface area (Å²) in [5.41, 5.74) is 6.87. The normalized spacial score (nSPS) is 12.1. The number of hydrogen-bond donors (Lipinski definition) is 0. The molecule has 3 aromatic carbocycles. The van der Waals surface area contributed by atoms with E-state index < -0.39 is 0 Å². The van der Waals surface area contributed by atoms with Crippen molar-refractivity contribution >= 4 is 5.71 Å². The predicted octanol–water partition coefficient (Wildman–Crippen LogP) is 4.51. The minimum atomic E-state index is 0. The molecule has 0 amide bonds. The van der Waals surface area contributed by atoms with Gasteiger partial charge < -0.3 is 9.73 Å². The van der Waals surface area contributed by atoms with Gasteiger partial charge in [0.2, 0.25) is 0 Å². The molecule has 1 aliphatic heterocycles. The van der Waals surface area contributed by atoms with Crippen molar-refractivity contribution in [3.05, 3.63) is 89.5 Å². The summed E-state index contributed by atoms with van der Waals surface area (Å²) in [6, 6.07) is 26.0. The van der Waals surface area contributed by atoms with Gasteiger partial charge in [-0.15, -0.1) is 29.8 Å². The molecule has 2 nitrogen and oxygen atoms in total. The molecule has 1 heterocycles. The zero-order valence-electron chi connectivity index (χ0n) is 13.2. The van der Waals surface area contributed by atoms with Crippen LogP contribution in [0.3, 0.4) is 0 Å². The Morgan fingerprint density at radius 2 is 1.58 bits per heavy atom. The number of ether oxygens (including phenoxy) is 1. The summed E-state index contributed by atoms with van der Waals surface area (Å²) >= 11 is 0. The van der Waals surface area contributed by atoms with E-state index in [1.54, 1.807) is 7.11 Å². The Morgan fingerprint density at radius 3 is 2.29 bits per heavy atom. The van der Waals surface area contributed by atoms with Gasteiger partial charge in [0.15, 0.2) is 0 Å². The third-order valence-electron chi connectivity index (χ3n) is 4.17. The Hall–Kier alpha value is -2.22. The number of nitrogens with zero attached hydrogens (tertiary/aromatic N) is 1. The van der Waals surface area contributed by atoms with Gasteiger partial charge in [-0.2, -0.15) is 0 Å². The van der Waals surface area contributed by atoms with E-state index in [0.29, 0.717) is 6.54 Å². The number of hydrogen-bond acceptors (Lipinski definition) is 2. The standard InChI is InChI=1S/C21H16NO.Ir/c1-23-17-12-10-15(11-13-17)21-20-9-5-4-8-19(20)18-7-3-2-6-16(18)14-22-21;/h2-10,12-13H,14H2,1H3;/q-1;. The van der Waals surface area contributed by atoms with Gasteiger partial charge in [0.05, 0.1) is 13.7 Å². The molecular weight excluding hydrogens is 474 g/mol. The van der Waals surface area contributed by atoms with Crippen LogP contribution < -0.4 is 4.74 Å². The van der Waals surface area contributed by atoms with Crippen LogP contribution in [0.2, 0.25) is 0 Å². The average Bonchev–Trinajstić information content (AvgIpc) is 2.79. The average molecular weight is 491 g/mol. The van der Waals surface area contributed by atoms with Crippen molar-refractivity contribution in [3.63, 3.8) is 0 Å². The van der Waals surface area contributed by atoms with Gasteiger partial charge in [0.25, 0.3) is 0 Å². The molecule has 0 unspecified atom stereocenters. The predicted molar refractivity (Wildman–Crippen MR) is 93.1 cm³/mol. The molecule has 0 atom stereocenters. The molecule has 24 heavy (non-hydrogen) atoms. The summed E-state index contributed by atoms with van der Waals surface area (Å²) in [4.78, 5) is 4.88. The fourth-order valence-corrected chi connectivity index (χ4v) is 3.01. The first-order valence-corrected chi connectivity index (χ1v) is 7.65. The van der Waals surface area contributed by atoms with Crippen molar-refractivity contribution in [3.8, 4) is 16.9 Å². The second-order valence-electron chi connectivity index (χ2n) is 5.51. The van der Waals surface area contributed by atoms with Crippen LogP contribution in [-0.2, 0) is 26.7 Å². The van der Waals surface area contributed by atoms with Crippen molar-refractivity contribution < 1.29 is 24.8 Å². The molecule has 0 aliphatic carbocycles. The summed E-state index contributed by atoms with van der Waals surface area (Å²) in [6.07, 6.45) is 0. The number of rotatable bonds is 2. The molecule has 4 rings (SSSR count). The van der Waals surface area contributed by atoms with Gasteiger partial charge >= 0.3 is 0 Å². The molecule has 3 heteroatoms. The van der Waals surface area contributed by atoms with Crippen LogP contribution in [0.5, 0.6) is 5.75 Å². The third kappa shape index (κ3) is 2.93. The molecular formula is C21H16IrNO-. The van der Waals surface area contributed by atoms with Crippen molar-refractivity contribution in [1.82, 2.24) is 0 Å². The van der Waals surface area contributed by atoms with E-state index in [9.17, 15) is 0 Å². The fraction of sp³-hybridized carbons (Fsp3) is 0.0952. The van der Waals surface area contributed by atoms with Gasteiger partial charge in [-0.1, -0.05) is 48.5 Å². The van der Waals surface area contributed by atoms with E-state index in [1.807, 2.05) is 18.2 Å². The van der Waals surface area contributed by atoms with Crippen LogP contribution in [0.25, 0.3) is 11.1 Å². The molecule has 121 valence electrons. The summed E-state index contributed by atoms with van der Waals surface area (Å²) in [6.45, 7) is 0.681. The Labute approximate surface area is 155 Å². The fourth-order valence-electron chi connectivity index (χ4n) is 3.01. The maximum atomic E-state index is 5.23. The Kier molecular flexibility index (Phi) is 4.94. The van der Waals surface area contributed by atoms with E-state index in [2.05, 4.69) is 54.6 Å². The number of benzene rings is 3. The van der Waals surface area contributed by atoms with Gasteiger partial charge in [-0.3, -0.25) is 0 Å². The molecule has 0 aromatic heterocycles. The second-order valence-corrected chi connectivity index (χ2v) is 5.51. The molecule has 0 fully saturated rings. The summed E-state index contributed by atoms with van der Waals surface area (Å²) < 4.78 is 5.23. The molecule has 1 radical (unpaired) electrons. The molecule has 0 saturated heterocycles. The van der Waals surface area contributed by atoms with Crippen LogP contribution >= 0.6 is 0 Å². The molecule has 0 spiro atoms. The maximum absolute atomic E-state index is 5.23. The van der Waals surface area contributed by atoms with Gasteiger partial charge in [-0.05, 0) is 28.0 Å². The first-order valence-electron chi connectivity index (χ1n) is 7.65. The minimum Gasteiger partial charge on any atom is -0.540 e. The van der Waals surface area contributed by atoms with E-state index in [4.69, 9.17) is 9.73 Å². The van der Waals surface area contributed by atoms with Gasteiger partial charge in [0, 0.05) is 25.9 Å². The van der Waals surface area contributed by atoms with E-state index in [1.165, 1.54) is 16.7 Å². The van der Waals surface area contributed by atoms with Gasteiger partial charge in [0.1, 0.15) is 0 Å². The van der Waals surface area contributed by atoms with Crippen molar-refractivity contribution in [1.29, 1.82) is 0 Å². The maximum Gasteiger partial charge on any atom is 0.0647 e. The van der Waals surface area contributed by atoms with Crippen LogP contribution in [0.4, 0.5) is 0 Å². The van der Waals surface area contributed by atoms with E-state index >= 15 is 0 Å². The third-order valence-corrected chi connectivity index (χ3v) is 4.17. The first kappa shape index (κ1) is 16.6. The first-order chi connectivity index (χ1) is 11.4. The number of fused-ring (bicyclic) bond motifs is 3. The second kappa shape index (κ2) is 7.12. The molecule has 1 aliphatic rings. The number of aliphatic imine (C=N–C) groups is 1. The van der Waals surface area contributed by atoms with Crippen LogP contribution in [0.1, 0.15) is 16.7 Å². The topological polar surface area (TPSA) is 21.6 Å². The zero-order valence-corrected chi connectivity index (χ0v) is 15.6. The monoisotopic (exact) mass is 491 g/mol. The largest absolute Gasteiger partial charge is 0.540 e. The van der Waals surface area contributed by atoms with Gasteiger partial charge in [-0.25, -0.2) is 0 Å². The minimum absolute atomic E-state index is 0. The summed E-state index contributed by atoms with van der Waals surface area (Å²) in [5, 5.41) is 0. The Morgan fingerprint density at radius 1 is 0.875 bits per heavy atom. The van der Waals surface area contributed by atoms with E-state index in [-0.39, 0.29) is 20.1 Å². The molecule has 0 saturated carbocycles. The Balaban J connectivity index is 0.00000169.